The molecule has 0 aromatic heterocycles. The van der Waals surface area contributed by atoms with Gasteiger partial charge in [-0.15, -0.1) is 11.4 Å². The third kappa shape index (κ3) is 3.81. The second kappa shape index (κ2) is 9.36. The summed E-state index contributed by atoms with van der Waals surface area (Å²) in [5.41, 5.74) is 2.01. The molecule has 2 bridgehead atoms. The minimum absolute atomic E-state index is 0.227. The molecule has 0 amide bonds. The predicted octanol–water partition coefficient (Wildman–Crippen LogP) is 10.5. The predicted molar refractivity (Wildman–Crippen MR) is 189 cm³/mol. The van der Waals surface area contributed by atoms with Crippen molar-refractivity contribution in [2.24, 2.45) is 56.2 Å². The van der Waals surface area contributed by atoms with Crippen molar-refractivity contribution in [3.63, 3.8) is 0 Å². The van der Waals surface area contributed by atoms with Crippen LogP contribution in [0, 0.1) is 56.2 Å². The first-order chi connectivity index (χ1) is 20.1. The van der Waals surface area contributed by atoms with Crippen molar-refractivity contribution in [2.75, 3.05) is 13.7 Å². The van der Waals surface area contributed by atoms with E-state index in [1.165, 1.54) is 56.7 Å². The number of hydrogen-bond donors (Lipinski definition) is 0. The van der Waals surface area contributed by atoms with Gasteiger partial charge in [0.05, 0.1) is 24.3 Å². The molecule has 2 heterocycles. The molecule has 2 saturated heterocycles. The Hall–Kier alpha value is 0.0700. The molecule has 1 aromatic carbocycles. The van der Waals surface area contributed by atoms with E-state index in [1.54, 1.807) is 12.0 Å². The van der Waals surface area contributed by atoms with Gasteiger partial charge in [0.2, 0.25) is 0 Å². The number of benzene rings is 1. The van der Waals surface area contributed by atoms with E-state index in [2.05, 4.69) is 102 Å². The fourth-order valence-corrected chi connectivity index (χ4v) is 25.1. The molecule has 6 heteroatoms. The van der Waals surface area contributed by atoms with Crippen molar-refractivity contribution in [1.29, 1.82) is 0 Å². The average molecular weight is 657 g/mol. The smallest absolute Gasteiger partial charge is 0.118 e. The lowest BCUT2D eigenvalue weighted by Crippen LogP contribution is -2.67. The molecule has 4 saturated carbocycles. The van der Waals surface area contributed by atoms with Crippen LogP contribution in [0.3, 0.4) is 0 Å². The molecule has 7 aliphatic rings. The molecule has 1 unspecified atom stereocenters. The Labute approximate surface area is 274 Å². The van der Waals surface area contributed by atoms with Gasteiger partial charge in [-0.05, 0) is 132 Å². The van der Waals surface area contributed by atoms with Crippen LogP contribution in [-0.2, 0) is 16.5 Å². The highest BCUT2D eigenvalue weighted by Crippen LogP contribution is 2.85. The molecule has 0 N–H and O–H groups in total. The standard InChI is InChI=1S/C37H53O2PS3/c1-32(2)17-19-37-20-18-35(6)25(29(37)30(32)39-22-37)13-14-28-34(5)21-26-31(33(3,4)27(34)15-16-36(28,35)7)43-40(41,42-26)24-11-9-23(38-8)10-12-24/h9-12,21,25,27-31H,13-20,22H2,1-8H3/t25-,27+,28-,29+,30-,31-,34+,35-,36-,37-,40?/m1/s1. The van der Waals surface area contributed by atoms with Crippen molar-refractivity contribution in [1.82, 2.24) is 0 Å². The Bertz CT molecular complexity index is 1420. The maximum Gasteiger partial charge on any atom is 0.118 e. The minimum Gasteiger partial charge on any atom is -0.497 e. The number of allylic oxidation sites excluding steroid dienone is 1. The van der Waals surface area contributed by atoms with Crippen LogP contribution >= 0.6 is 27.2 Å². The molecular formula is C37H53O2PS3. The van der Waals surface area contributed by atoms with Crippen LogP contribution in [0.2, 0.25) is 0 Å². The van der Waals surface area contributed by atoms with Gasteiger partial charge >= 0.3 is 0 Å². The van der Waals surface area contributed by atoms with Gasteiger partial charge in [0.1, 0.15) is 5.75 Å². The molecule has 8 rings (SSSR count). The highest BCUT2D eigenvalue weighted by Gasteiger charge is 2.73. The zero-order valence-corrected chi connectivity index (χ0v) is 31.0. The van der Waals surface area contributed by atoms with E-state index >= 15 is 0 Å². The largest absolute Gasteiger partial charge is 0.497 e. The zero-order valence-electron chi connectivity index (χ0n) is 27.7. The van der Waals surface area contributed by atoms with Crippen LogP contribution in [0.5, 0.6) is 5.75 Å². The first kappa shape index (κ1) is 30.4. The molecule has 236 valence electrons. The van der Waals surface area contributed by atoms with Gasteiger partial charge in [-0.2, -0.15) is 0 Å². The van der Waals surface area contributed by atoms with E-state index in [-0.39, 0.29) is 10.8 Å². The van der Waals surface area contributed by atoms with Crippen LogP contribution in [-0.4, -0.2) is 25.1 Å². The molecule has 11 atom stereocenters. The normalized spacial score (nSPS) is 52.1. The van der Waals surface area contributed by atoms with Gasteiger partial charge < -0.3 is 9.47 Å². The second-order valence-electron chi connectivity index (χ2n) is 17.8. The maximum atomic E-state index is 6.81. The Morgan fingerprint density at radius 3 is 2.30 bits per heavy atom. The summed E-state index contributed by atoms with van der Waals surface area (Å²) in [5, 5.41) is 1.87. The Morgan fingerprint density at radius 2 is 1.58 bits per heavy atom. The number of methoxy groups -OCH3 is 1. The van der Waals surface area contributed by atoms with Crippen LogP contribution in [0.1, 0.15) is 99.8 Å². The van der Waals surface area contributed by atoms with Crippen LogP contribution in [0.4, 0.5) is 0 Å². The highest BCUT2D eigenvalue weighted by molar-refractivity contribution is 9.04. The maximum absolute atomic E-state index is 6.81. The van der Waals surface area contributed by atoms with E-state index in [0.29, 0.717) is 38.9 Å². The highest BCUT2D eigenvalue weighted by atomic mass is 33.2. The molecule has 6 fully saturated rings. The van der Waals surface area contributed by atoms with E-state index in [9.17, 15) is 0 Å². The van der Waals surface area contributed by atoms with Crippen molar-refractivity contribution in [3.05, 3.63) is 35.2 Å². The monoisotopic (exact) mass is 656 g/mol. The van der Waals surface area contributed by atoms with Crippen molar-refractivity contribution >= 4 is 44.3 Å². The van der Waals surface area contributed by atoms with Gasteiger partial charge in [-0.25, -0.2) is 0 Å². The SMILES string of the molecule is COc1ccc(P2(=S)SC3=C[C@]4(C)[C@H]5CC[C@@H]6[C@H]7[C@H]8OC[C@@]7(CCC8(C)C)CC[C@@]6(C)[C@]5(C)CC[C@H]4C(C)(C)[C@@H]3S2)cc1. The molecule has 2 nitrogen and oxygen atoms in total. The van der Waals surface area contributed by atoms with Gasteiger partial charge in [0.15, 0.2) is 0 Å². The lowest BCUT2D eigenvalue weighted by molar-refractivity contribution is -0.226. The summed E-state index contributed by atoms with van der Waals surface area (Å²) in [7, 11) is 1.75. The molecular weight excluding hydrogens is 604 g/mol. The van der Waals surface area contributed by atoms with Crippen molar-refractivity contribution < 1.29 is 9.47 Å². The fourth-order valence-electron chi connectivity index (χ4n) is 13.0. The lowest BCUT2D eigenvalue weighted by atomic mass is 9.32. The van der Waals surface area contributed by atoms with Crippen molar-refractivity contribution in [2.45, 2.75) is 111 Å². The van der Waals surface area contributed by atoms with E-state index < -0.39 is 4.44 Å². The summed E-state index contributed by atoms with van der Waals surface area (Å²) in [5.74, 6) is 3.94. The summed E-state index contributed by atoms with van der Waals surface area (Å²) in [6.07, 6.45) is 14.4. The molecule has 1 aromatic rings. The topological polar surface area (TPSA) is 18.5 Å². The number of hydrogen-bond acceptors (Lipinski definition) is 5. The van der Waals surface area contributed by atoms with E-state index in [0.717, 1.165) is 30.1 Å². The summed E-state index contributed by atoms with van der Waals surface area (Å²) in [6, 6.07) is 8.71. The summed E-state index contributed by atoms with van der Waals surface area (Å²) >= 11 is 10.9. The Balaban J connectivity index is 1.17. The van der Waals surface area contributed by atoms with Crippen molar-refractivity contribution in [3.8, 4) is 5.75 Å². The quantitative estimate of drug-likeness (QED) is 0.294. The van der Waals surface area contributed by atoms with Crippen LogP contribution in [0.15, 0.2) is 35.2 Å². The van der Waals surface area contributed by atoms with Gasteiger partial charge in [-0.3, -0.25) is 0 Å². The minimum atomic E-state index is -1.82. The Morgan fingerprint density at radius 1 is 0.860 bits per heavy atom. The van der Waals surface area contributed by atoms with Crippen LogP contribution < -0.4 is 10.0 Å². The molecule has 43 heavy (non-hydrogen) atoms. The molecule has 0 spiro atoms. The average Bonchev–Trinajstić information content (AvgIpc) is 3.48. The van der Waals surface area contributed by atoms with Gasteiger partial charge in [-0.1, -0.05) is 77.7 Å². The fraction of sp³-hybridized carbons (Fsp3) is 0.784. The first-order valence-electron chi connectivity index (χ1n) is 17.1. The van der Waals surface area contributed by atoms with E-state index in [1.807, 2.05) is 0 Å². The number of rotatable bonds is 2. The number of fused-ring (bicyclic) bond motifs is 6. The summed E-state index contributed by atoms with van der Waals surface area (Å²) < 4.78 is 10.5. The lowest BCUT2D eigenvalue weighted by Gasteiger charge is -2.72. The Kier molecular flexibility index (Phi) is 6.62. The third-order valence-corrected chi connectivity index (χ3v) is 26.3. The van der Waals surface area contributed by atoms with E-state index in [4.69, 9.17) is 21.3 Å². The molecule has 2 aliphatic heterocycles. The molecule has 0 radical (unpaired) electrons. The van der Waals surface area contributed by atoms with Crippen LogP contribution in [0.25, 0.3) is 0 Å². The third-order valence-electron chi connectivity index (χ3n) is 15.5. The zero-order chi connectivity index (χ0) is 30.4. The second-order valence-corrected chi connectivity index (χ2v) is 28.8. The van der Waals surface area contributed by atoms with Gasteiger partial charge in [0, 0.05) is 15.5 Å². The summed E-state index contributed by atoms with van der Waals surface area (Å²) in [4.78, 5) is 1.62. The summed E-state index contributed by atoms with van der Waals surface area (Å²) in [6.45, 7) is 19.5. The number of ether oxygens (including phenoxy) is 2. The van der Waals surface area contributed by atoms with Gasteiger partial charge in [0.25, 0.3) is 0 Å². The molecule has 5 aliphatic carbocycles. The first-order valence-corrected chi connectivity index (χ1v) is 22.8.